The molecule has 0 atom stereocenters. The molecule has 0 spiro atoms. The first-order chi connectivity index (χ1) is 9.65. The number of carbonyl (C=O) groups excluding carboxylic acids is 1. The average Bonchev–Trinajstić information content (AvgIpc) is 2.48. The third-order valence-corrected chi connectivity index (χ3v) is 3.97. The molecule has 1 saturated heterocycles. The highest BCUT2D eigenvalue weighted by Crippen LogP contribution is 2.18. The zero-order valence-electron chi connectivity index (χ0n) is 12.0. The summed E-state index contributed by atoms with van der Waals surface area (Å²) < 4.78 is 0. The first kappa shape index (κ1) is 13.0. The third kappa shape index (κ3) is 2.38. The van der Waals surface area contributed by atoms with E-state index in [1.54, 1.807) is 0 Å². The summed E-state index contributed by atoms with van der Waals surface area (Å²) in [4.78, 5) is 23.4. The van der Waals surface area contributed by atoms with Crippen LogP contribution in [0.5, 0.6) is 0 Å². The number of nitrogens with zero attached hydrogens (tertiary/aromatic N) is 3. The first-order valence-corrected chi connectivity index (χ1v) is 7.19. The first-order valence-electron chi connectivity index (χ1n) is 7.19. The molecular formula is C16H19N3O. The number of aryl methyl sites for hydroxylation is 2. The molecule has 0 unspecified atom stereocenters. The predicted octanol–water partition coefficient (Wildman–Crippen LogP) is 2.87. The zero-order valence-corrected chi connectivity index (χ0v) is 12.0. The molecule has 104 valence electrons. The van der Waals surface area contributed by atoms with Crippen LogP contribution in [0.25, 0.3) is 11.0 Å². The average molecular weight is 269 g/mol. The molecule has 0 radical (unpaired) electrons. The third-order valence-electron chi connectivity index (χ3n) is 3.97. The number of piperidine rings is 1. The van der Waals surface area contributed by atoms with E-state index in [9.17, 15) is 4.79 Å². The Hall–Kier alpha value is -1.97. The van der Waals surface area contributed by atoms with Crippen LogP contribution in [0.15, 0.2) is 18.2 Å². The van der Waals surface area contributed by atoms with Crippen molar-refractivity contribution in [3.8, 4) is 0 Å². The van der Waals surface area contributed by atoms with Gasteiger partial charge in [-0.25, -0.2) is 9.97 Å². The second-order valence-electron chi connectivity index (χ2n) is 5.45. The van der Waals surface area contributed by atoms with Gasteiger partial charge in [0.25, 0.3) is 5.91 Å². The van der Waals surface area contributed by atoms with Crippen molar-refractivity contribution in [1.82, 2.24) is 14.9 Å². The second kappa shape index (κ2) is 5.19. The van der Waals surface area contributed by atoms with Gasteiger partial charge in [0.2, 0.25) is 0 Å². The Morgan fingerprint density at radius 2 is 1.65 bits per heavy atom. The highest BCUT2D eigenvalue weighted by Gasteiger charge is 2.18. The van der Waals surface area contributed by atoms with Crippen molar-refractivity contribution < 1.29 is 4.79 Å². The summed E-state index contributed by atoms with van der Waals surface area (Å²) in [5.41, 5.74) is 4.23. The van der Waals surface area contributed by atoms with E-state index in [0.29, 0.717) is 0 Å². The number of fused-ring (bicyclic) bond motifs is 1. The molecule has 1 aliphatic rings. The molecule has 0 N–H and O–H groups in total. The van der Waals surface area contributed by atoms with E-state index in [4.69, 9.17) is 0 Å². The number of likely N-dealkylation sites (tertiary alicyclic amines) is 1. The Balaban J connectivity index is 1.95. The Bertz CT molecular complexity index is 660. The maximum atomic E-state index is 12.5. The second-order valence-corrected chi connectivity index (χ2v) is 5.45. The Labute approximate surface area is 118 Å². The predicted molar refractivity (Wildman–Crippen MR) is 78.8 cm³/mol. The molecule has 0 aliphatic carbocycles. The Morgan fingerprint density at radius 1 is 1.00 bits per heavy atom. The van der Waals surface area contributed by atoms with Crippen LogP contribution in [0.3, 0.4) is 0 Å². The summed E-state index contributed by atoms with van der Waals surface area (Å²) in [6, 6.07) is 5.63. The van der Waals surface area contributed by atoms with E-state index in [0.717, 1.165) is 53.9 Å². The smallest absolute Gasteiger partial charge is 0.253 e. The highest BCUT2D eigenvalue weighted by molar-refractivity contribution is 5.97. The fourth-order valence-electron chi connectivity index (χ4n) is 2.64. The molecular weight excluding hydrogens is 250 g/mol. The van der Waals surface area contributed by atoms with Crippen LogP contribution >= 0.6 is 0 Å². The molecule has 1 aromatic heterocycles. The molecule has 1 aliphatic heterocycles. The minimum atomic E-state index is 0.117. The maximum absolute atomic E-state index is 12.5. The quantitative estimate of drug-likeness (QED) is 0.799. The molecule has 2 aromatic rings. The van der Waals surface area contributed by atoms with E-state index in [1.165, 1.54) is 6.42 Å². The van der Waals surface area contributed by atoms with Gasteiger partial charge < -0.3 is 4.90 Å². The lowest BCUT2D eigenvalue weighted by atomic mass is 10.1. The Kier molecular flexibility index (Phi) is 3.38. The number of amides is 1. The van der Waals surface area contributed by atoms with Gasteiger partial charge in [-0.3, -0.25) is 4.79 Å². The van der Waals surface area contributed by atoms with Gasteiger partial charge >= 0.3 is 0 Å². The fourth-order valence-corrected chi connectivity index (χ4v) is 2.64. The largest absolute Gasteiger partial charge is 0.339 e. The molecule has 1 fully saturated rings. The lowest BCUT2D eigenvalue weighted by Crippen LogP contribution is -2.35. The molecule has 20 heavy (non-hydrogen) atoms. The summed E-state index contributed by atoms with van der Waals surface area (Å²) in [6.07, 6.45) is 3.44. The van der Waals surface area contributed by atoms with Crippen LogP contribution < -0.4 is 0 Å². The van der Waals surface area contributed by atoms with E-state index < -0.39 is 0 Å². The maximum Gasteiger partial charge on any atom is 0.253 e. The van der Waals surface area contributed by atoms with Gasteiger partial charge in [-0.2, -0.15) is 0 Å². The molecule has 0 saturated carbocycles. The van der Waals surface area contributed by atoms with Crippen molar-refractivity contribution in [1.29, 1.82) is 0 Å². The number of rotatable bonds is 1. The van der Waals surface area contributed by atoms with E-state index in [-0.39, 0.29) is 5.91 Å². The van der Waals surface area contributed by atoms with E-state index in [2.05, 4.69) is 9.97 Å². The van der Waals surface area contributed by atoms with Gasteiger partial charge in [0.05, 0.1) is 22.4 Å². The molecule has 0 bridgehead atoms. The standard InChI is InChI=1S/C16H19N3O/c1-11-12(2)18-15-10-13(6-7-14(15)17-11)16(20)19-8-4-3-5-9-19/h6-7,10H,3-5,8-9H2,1-2H3. The minimum Gasteiger partial charge on any atom is -0.339 e. The number of hydrogen-bond donors (Lipinski definition) is 0. The lowest BCUT2D eigenvalue weighted by Gasteiger charge is -2.26. The molecule has 4 nitrogen and oxygen atoms in total. The van der Waals surface area contributed by atoms with Crippen LogP contribution in [0.1, 0.15) is 41.0 Å². The summed E-state index contributed by atoms with van der Waals surface area (Å²) >= 11 is 0. The van der Waals surface area contributed by atoms with Crippen molar-refractivity contribution in [2.45, 2.75) is 33.1 Å². The lowest BCUT2D eigenvalue weighted by molar-refractivity contribution is 0.0724. The van der Waals surface area contributed by atoms with Crippen molar-refractivity contribution >= 4 is 16.9 Å². The van der Waals surface area contributed by atoms with Crippen LogP contribution in [0.2, 0.25) is 0 Å². The van der Waals surface area contributed by atoms with Gasteiger partial charge in [-0.05, 0) is 51.3 Å². The molecule has 1 aromatic carbocycles. The van der Waals surface area contributed by atoms with Gasteiger partial charge in [-0.1, -0.05) is 0 Å². The van der Waals surface area contributed by atoms with E-state index >= 15 is 0 Å². The molecule has 2 heterocycles. The van der Waals surface area contributed by atoms with Gasteiger partial charge in [0.15, 0.2) is 0 Å². The van der Waals surface area contributed by atoms with Crippen molar-refractivity contribution in [2.75, 3.05) is 13.1 Å². The van der Waals surface area contributed by atoms with Crippen LogP contribution in [0, 0.1) is 13.8 Å². The summed E-state index contributed by atoms with van der Waals surface area (Å²) in [5, 5.41) is 0. The van der Waals surface area contributed by atoms with Gasteiger partial charge in [0.1, 0.15) is 0 Å². The minimum absolute atomic E-state index is 0.117. The molecule has 3 rings (SSSR count). The van der Waals surface area contributed by atoms with Crippen LogP contribution in [-0.4, -0.2) is 33.9 Å². The number of carbonyl (C=O) groups is 1. The SMILES string of the molecule is Cc1nc2ccc(C(=O)N3CCCCC3)cc2nc1C. The van der Waals surface area contributed by atoms with Gasteiger partial charge in [0, 0.05) is 18.7 Å². The monoisotopic (exact) mass is 269 g/mol. The molecule has 1 amide bonds. The summed E-state index contributed by atoms with van der Waals surface area (Å²) in [6.45, 7) is 5.64. The number of aromatic nitrogens is 2. The van der Waals surface area contributed by atoms with Crippen LogP contribution in [-0.2, 0) is 0 Å². The zero-order chi connectivity index (χ0) is 14.1. The number of hydrogen-bond acceptors (Lipinski definition) is 3. The summed E-state index contributed by atoms with van der Waals surface area (Å²) in [5.74, 6) is 0.117. The van der Waals surface area contributed by atoms with Crippen molar-refractivity contribution in [3.63, 3.8) is 0 Å². The normalized spacial score (nSPS) is 15.6. The van der Waals surface area contributed by atoms with E-state index in [1.807, 2.05) is 36.9 Å². The van der Waals surface area contributed by atoms with Crippen molar-refractivity contribution in [2.24, 2.45) is 0 Å². The van der Waals surface area contributed by atoms with Crippen LogP contribution in [0.4, 0.5) is 0 Å². The Morgan fingerprint density at radius 3 is 2.35 bits per heavy atom. The fraction of sp³-hybridized carbons (Fsp3) is 0.438. The number of benzene rings is 1. The molecule has 4 heteroatoms. The summed E-state index contributed by atoms with van der Waals surface area (Å²) in [7, 11) is 0. The highest BCUT2D eigenvalue weighted by atomic mass is 16.2. The van der Waals surface area contributed by atoms with Crippen molar-refractivity contribution in [3.05, 3.63) is 35.2 Å². The topological polar surface area (TPSA) is 46.1 Å². The van der Waals surface area contributed by atoms with Gasteiger partial charge in [-0.15, -0.1) is 0 Å².